The Labute approximate surface area is 103 Å². The van der Waals surface area contributed by atoms with Gasteiger partial charge in [-0.25, -0.2) is 4.79 Å². The van der Waals surface area contributed by atoms with Crippen molar-refractivity contribution < 1.29 is 14.6 Å². The molecule has 1 atom stereocenters. The number of fused-ring (bicyclic) bond motifs is 1. The number of benzene rings is 1. The molecule has 4 nitrogen and oxygen atoms in total. The van der Waals surface area contributed by atoms with Crippen LogP contribution in [0, 0.1) is 0 Å². The molecular formula is C12H12ClNO3. The smallest absolute Gasteiger partial charge is 0.339 e. The number of carbonyl (C=O) groups is 1. The summed E-state index contributed by atoms with van der Waals surface area (Å²) in [5.74, 6) is -0.690. The van der Waals surface area contributed by atoms with Gasteiger partial charge in [-0.05, 0) is 19.1 Å². The number of rotatable bonds is 3. The molecule has 0 aliphatic carbocycles. The lowest BCUT2D eigenvalue weighted by atomic mass is 10.1. The van der Waals surface area contributed by atoms with Gasteiger partial charge in [-0.3, -0.25) is 0 Å². The van der Waals surface area contributed by atoms with Crippen molar-refractivity contribution in [1.29, 1.82) is 0 Å². The standard InChI is InChI=1S/C12H12ClNO3/c1-2-17-12(16)11(15)8-3-4-9-7(10(8)13)5-6-14-9/h3-6,11,14-15H,2H2,1H3. The molecule has 2 N–H and O–H groups in total. The largest absolute Gasteiger partial charge is 0.464 e. The lowest BCUT2D eigenvalue weighted by Gasteiger charge is -2.11. The Kier molecular flexibility index (Phi) is 3.36. The van der Waals surface area contributed by atoms with Gasteiger partial charge in [0.2, 0.25) is 0 Å². The van der Waals surface area contributed by atoms with Crippen molar-refractivity contribution in [2.45, 2.75) is 13.0 Å². The van der Waals surface area contributed by atoms with E-state index in [9.17, 15) is 9.90 Å². The van der Waals surface area contributed by atoms with E-state index < -0.39 is 12.1 Å². The second kappa shape index (κ2) is 4.77. The summed E-state index contributed by atoms with van der Waals surface area (Å²) in [6, 6.07) is 5.17. The summed E-state index contributed by atoms with van der Waals surface area (Å²) in [5.41, 5.74) is 1.21. The molecule has 1 heterocycles. The van der Waals surface area contributed by atoms with E-state index in [2.05, 4.69) is 4.98 Å². The number of halogens is 1. The highest BCUT2D eigenvalue weighted by Crippen LogP contribution is 2.31. The van der Waals surface area contributed by atoms with Crippen LogP contribution in [0.25, 0.3) is 10.9 Å². The predicted octanol–water partition coefficient (Wildman–Crippen LogP) is 2.42. The van der Waals surface area contributed by atoms with Crippen molar-refractivity contribution in [2.75, 3.05) is 6.61 Å². The van der Waals surface area contributed by atoms with Crippen LogP contribution in [0.4, 0.5) is 0 Å². The van der Waals surface area contributed by atoms with E-state index in [1.165, 1.54) is 0 Å². The van der Waals surface area contributed by atoms with Crippen LogP contribution in [0.2, 0.25) is 5.02 Å². The predicted molar refractivity (Wildman–Crippen MR) is 64.9 cm³/mol. The number of hydrogen-bond acceptors (Lipinski definition) is 3. The molecule has 1 aromatic carbocycles. The molecule has 0 fully saturated rings. The van der Waals surface area contributed by atoms with Crippen LogP contribution >= 0.6 is 11.6 Å². The average molecular weight is 254 g/mol. The fourth-order valence-corrected chi connectivity index (χ4v) is 2.00. The van der Waals surface area contributed by atoms with Crippen LogP contribution in [0.3, 0.4) is 0 Å². The van der Waals surface area contributed by atoms with Crippen LogP contribution < -0.4 is 0 Å². The Balaban J connectivity index is 2.41. The number of esters is 1. The number of ether oxygens (including phenoxy) is 1. The lowest BCUT2D eigenvalue weighted by Crippen LogP contribution is -2.15. The molecule has 1 unspecified atom stereocenters. The summed E-state index contributed by atoms with van der Waals surface area (Å²) < 4.78 is 4.75. The number of nitrogens with one attached hydrogen (secondary N) is 1. The van der Waals surface area contributed by atoms with Gasteiger partial charge < -0.3 is 14.8 Å². The first kappa shape index (κ1) is 12.0. The van der Waals surface area contributed by atoms with Crippen molar-refractivity contribution >= 4 is 28.5 Å². The molecule has 0 aliphatic heterocycles. The highest BCUT2D eigenvalue weighted by atomic mass is 35.5. The number of aromatic amines is 1. The number of aliphatic hydroxyl groups is 1. The molecule has 0 amide bonds. The van der Waals surface area contributed by atoms with Gasteiger partial charge in [0, 0.05) is 22.7 Å². The Morgan fingerprint density at radius 3 is 3.00 bits per heavy atom. The topological polar surface area (TPSA) is 62.3 Å². The van der Waals surface area contributed by atoms with Crippen LogP contribution in [0.5, 0.6) is 0 Å². The molecule has 0 saturated carbocycles. The van der Waals surface area contributed by atoms with Gasteiger partial charge >= 0.3 is 5.97 Å². The normalized spacial score (nSPS) is 12.6. The SMILES string of the molecule is CCOC(=O)C(O)c1ccc2[nH]ccc2c1Cl. The molecule has 2 rings (SSSR count). The molecule has 5 heteroatoms. The minimum Gasteiger partial charge on any atom is -0.464 e. The van der Waals surface area contributed by atoms with E-state index in [0.717, 1.165) is 10.9 Å². The van der Waals surface area contributed by atoms with E-state index >= 15 is 0 Å². The number of H-pyrrole nitrogens is 1. The van der Waals surface area contributed by atoms with Crippen LogP contribution in [-0.2, 0) is 9.53 Å². The Bertz CT molecular complexity index is 550. The minimum atomic E-state index is -1.35. The number of carbonyl (C=O) groups excluding carboxylic acids is 1. The van der Waals surface area contributed by atoms with Gasteiger partial charge in [0.05, 0.1) is 11.6 Å². The highest BCUT2D eigenvalue weighted by molar-refractivity contribution is 6.36. The third kappa shape index (κ3) is 2.14. The monoisotopic (exact) mass is 253 g/mol. The number of aliphatic hydroxyl groups excluding tert-OH is 1. The van der Waals surface area contributed by atoms with Crippen LogP contribution in [-0.4, -0.2) is 22.7 Å². The summed E-state index contributed by atoms with van der Waals surface area (Å²) in [6.07, 6.45) is 0.401. The lowest BCUT2D eigenvalue weighted by molar-refractivity contribution is -0.153. The molecule has 0 saturated heterocycles. The fraction of sp³-hybridized carbons (Fsp3) is 0.250. The molecule has 0 bridgehead atoms. The van der Waals surface area contributed by atoms with E-state index in [-0.39, 0.29) is 6.61 Å². The van der Waals surface area contributed by atoms with Crippen LogP contribution in [0.15, 0.2) is 24.4 Å². The summed E-state index contributed by atoms with van der Waals surface area (Å²) in [6.45, 7) is 1.90. The summed E-state index contributed by atoms with van der Waals surface area (Å²) in [5, 5.41) is 11.0. The molecule has 1 aromatic heterocycles. The van der Waals surface area contributed by atoms with Crippen molar-refractivity contribution in [3.8, 4) is 0 Å². The zero-order valence-electron chi connectivity index (χ0n) is 9.24. The van der Waals surface area contributed by atoms with E-state index in [1.54, 1.807) is 31.3 Å². The Morgan fingerprint density at radius 1 is 1.53 bits per heavy atom. The van der Waals surface area contributed by atoms with Crippen LogP contribution in [0.1, 0.15) is 18.6 Å². The maximum atomic E-state index is 11.4. The Hall–Kier alpha value is -1.52. The second-order valence-electron chi connectivity index (χ2n) is 3.56. The molecular weight excluding hydrogens is 242 g/mol. The molecule has 90 valence electrons. The van der Waals surface area contributed by atoms with E-state index in [4.69, 9.17) is 16.3 Å². The summed E-state index contributed by atoms with van der Waals surface area (Å²) >= 11 is 6.13. The van der Waals surface area contributed by atoms with Crippen molar-refractivity contribution in [2.24, 2.45) is 0 Å². The third-order valence-corrected chi connectivity index (χ3v) is 2.92. The Morgan fingerprint density at radius 2 is 2.29 bits per heavy atom. The summed E-state index contributed by atoms with van der Waals surface area (Å²) in [4.78, 5) is 14.4. The van der Waals surface area contributed by atoms with Gasteiger partial charge in [0.1, 0.15) is 0 Å². The van der Waals surface area contributed by atoms with E-state index in [1.807, 2.05) is 0 Å². The van der Waals surface area contributed by atoms with Crippen molar-refractivity contribution in [3.05, 3.63) is 35.0 Å². The second-order valence-corrected chi connectivity index (χ2v) is 3.94. The van der Waals surface area contributed by atoms with E-state index in [0.29, 0.717) is 10.6 Å². The molecule has 0 aliphatic rings. The fourth-order valence-electron chi connectivity index (χ4n) is 1.67. The van der Waals surface area contributed by atoms with Gasteiger partial charge in [0.25, 0.3) is 0 Å². The zero-order valence-corrected chi connectivity index (χ0v) is 9.99. The minimum absolute atomic E-state index is 0.222. The molecule has 0 spiro atoms. The number of aromatic nitrogens is 1. The molecule has 2 aromatic rings. The first-order valence-corrected chi connectivity index (χ1v) is 5.63. The average Bonchev–Trinajstić information content (AvgIpc) is 2.78. The maximum absolute atomic E-state index is 11.4. The maximum Gasteiger partial charge on any atom is 0.339 e. The molecule has 17 heavy (non-hydrogen) atoms. The zero-order chi connectivity index (χ0) is 12.4. The van der Waals surface area contributed by atoms with Crippen molar-refractivity contribution in [1.82, 2.24) is 4.98 Å². The van der Waals surface area contributed by atoms with Gasteiger partial charge in [-0.2, -0.15) is 0 Å². The first-order chi connectivity index (χ1) is 8.15. The van der Waals surface area contributed by atoms with Gasteiger partial charge in [-0.1, -0.05) is 17.7 Å². The molecule has 0 radical (unpaired) electrons. The quantitative estimate of drug-likeness (QED) is 0.826. The number of hydrogen-bond donors (Lipinski definition) is 2. The third-order valence-electron chi connectivity index (χ3n) is 2.50. The van der Waals surface area contributed by atoms with Gasteiger partial charge in [-0.15, -0.1) is 0 Å². The first-order valence-electron chi connectivity index (χ1n) is 5.25. The van der Waals surface area contributed by atoms with Gasteiger partial charge in [0.15, 0.2) is 6.10 Å². The summed E-state index contributed by atoms with van der Waals surface area (Å²) in [7, 11) is 0. The van der Waals surface area contributed by atoms with Crippen molar-refractivity contribution in [3.63, 3.8) is 0 Å². The highest BCUT2D eigenvalue weighted by Gasteiger charge is 2.22.